The molecule has 0 unspecified atom stereocenters. The van der Waals surface area contributed by atoms with E-state index < -0.39 is 0 Å². The maximum Gasteiger partial charge on any atom is 0.276 e. The summed E-state index contributed by atoms with van der Waals surface area (Å²) < 4.78 is 11.3. The second-order valence-corrected chi connectivity index (χ2v) is 6.98. The molecule has 1 aliphatic rings. The van der Waals surface area contributed by atoms with E-state index in [1.165, 1.54) is 0 Å². The van der Waals surface area contributed by atoms with Gasteiger partial charge in [0.1, 0.15) is 12.3 Å². The van der Waals surface area contributed by atoms with E-state index in [9.17, 15) is 4.79 Å². The van der Waals surface area contributed by atoms with Crippen LogP contribution in [0.5, 0.6) is 11.5 Å². The second kappa shape index (κ2) is 8.63. The zero-order valence-corrected chi connectivity index (χ0v) is 17.5. The van der Waals surface area contributed by atoms with Crippen molar-refractivity contribution in [2.75, 3.05) is 20.7 Å². The highest BCUT2D eigenvalue weighted by Gasteiger charge is 2.34. The Morgan fingerprint density at radius 2 is 1.93 bits per heavy atom. The Bertz CT molecular complexity index is 945. The van der Waals surface area contributed by atoms with Crippen LogP contribution in [0.15, 0.2) is 48.2 Å². The first-order valence-electron chi connectivity index (χ1n) is 8.81. The van der Waals surface area contributed by atoms with E-state index in [0.717, 1.165) is 11.1 Å². The molecule has 28 heavy (non-hydrogen) atoms. The van der Waals surface area contributed by atoms with Gasteiger partial charge in [0.2, 0.25) is 0 Å². The normalized spacial score (nSPS) is 15.5. The monoisotopic (exact) mass is 416 g/mol. The minimum absolute atomic E-state index is 0.104. The van der Waals surface area contributed by atoms with E-state index in [0.29, 0.717) is 40.5 Å². The first-order valence-corrected chi connectivity index (χ1v) is 9.60. The summed E-state index contributed by atoms with van der Waals surface area (Å²) in [6, 6.07) is 13.0. The number of amides is 1. The van der Waals surface area contributed by atoms with Gasteiger partial charge >= 0.3 is 0 Å². The average Bonchev–Trinajstić information content (AvgIpc) is 2.90. The quantitative estimate of drug-likeness (QED) is 0.517. The first kappa shape index (κ1) is 20.2. The van der Waals surface area contributed by atoms with Crippen LogP contribution in [0.4, 0.5) is 0 Å². The number of benzene rings is 2. The molecule has 2 aromatic carbocycles. The molecule has 0 N–H and O–H groups in total. The summed E-state index contributed by atoms with van der Waals surface area (Å²) in [5.41, 5.74) is 2.24. The third-order valence-electron chi connectivity index (χ3n) is 4.49. The number of halogens is 1. The average molecular weight is 417 g/mol. The minimum Gasteiger partial charge on any atom is -0.493 e. The fourth-order valence-corrected chi connectivity index (χ4v) is 3.41. The Morgan fingerprint density at radius 3 is 2.57 bits per heavy atom. The standard InChI is InChI=1S/C21H21ClN2O3S/c1-4-24-20(25)17(23(2)21(24)28)11-14-9-10-18(19(12-14)26-3)27-13-15-7-5-6-8-16(15)22/h5-12H,4,13H2,1-3H3. The molecule has 7 heteroatoms. The molecule has 2 aromatic rings. The molecule has 3 rings (SSSR count). The number of carbonyl (C=O) groups excluding carboxylic acids is 1. The Kier molecular flexibility index (Phi) is 6.21. The number of thiocarbonyl (C=S) groups is 1. The van der Waals surface area contributed by atoms with Crippen molar-refractivity contribution in [1.29, 1.82) is 0 Å². The predicted molar refractivity (Wildman–Crippen MR) is 115 cm³/mol. The fraction of sp³-hybridized carbons (Fsp3) is 0.238. The number of methoxy groups -OCH3 is 1. The summed E-state index contributed by atoms with van der Waals surface area (Å²) in [5, 5.41) is 1.16. The zero-order valence-electron chi connectivity index (χ0n) is 15.9. The van der Waals surface area contributed by atoms with Crippen LogP contribution in [-0.4, -0.2) is 41.5 Å². The summed E-state index contributed by atoms with van der Waals surface area (Å²) in [5.74, 6) is 1.07. The van der Waals surface area contributed by atoms with E-state index in [1.54, 1.807) is 30.0 Å². The third kappa shape index (κ3) is 3.98. The van der Waals surface area contributed by atoms with Crippen LogP contribution in [0.2, 0.25) is 5.02 Å². The Balaban J connectivity index is 1.83. The predicted octanol–water partition coefficient (Wildman–Crippen LogP) is 4.35. The van der Waals surface area contributed by atoms with Crippen LogP contribution in [0.3, 0.4) is 0 Å². The van der Waals surface area contributed by atoms with Crippen LogP contribution in [-0.2, 0) is 11.4 Å². The van der Waals surface area contributed by atoms with Crippen molar-refractivity contribution in [3.8, 4) is 11.5 Å². The number of nitrogens with zero attached hydrogens (tertiary/aromatic N) is 2. The highest BCUT2D eigenvalue weighted by Crippen LogP contribution is 2.31. The van der Waals surface area contributed by atoms with Crippen LogP contribution < -0.4 is 9.47 Å². The van der Waals surface area contributed by atoms with Crippen molar-refractivity contribution in [2.24, 2.45) is 0 Å². The second-order valence-electron chi connectivity index (χ2n) is 6.21. The zero-order chi connectivity index (χ0) is 20.3. The lowest BCUT2D eigenvalue weighted by molar-refractivity contribution is -0.122. The molecule has 0 bridgehead atoms. The largest absolute Gasteiger partial charge is 0.493 e. The van der Waals surface area contributed by atoms with Gasteiger partial charge in [0, 0.05) is 24.2 Å². The lowest BCUT2D eigenvalue weighted by atomic mass is 10.1. The van der Waals surface area contributed by atoms with Gasteiger partial charge in [0.05, 0.1) is 7.11 Å². The molecule has 1 amide bonds. The molecule has 0 radical (unpaired) electrons. The van der Waals surface area contributed by atoms with Gasteiger partial charge in [0.25, 0.3) is 5.91 Å². The number of likely N-dealkylation sites (N-methyl/N-ethyl adjacent to an activating group) is 2. The van der Waals surface area contributed by atoms with Gasteiger partial charge < -0.3 is 14.4 Å². The highest BCUT2D eigenvalue weighted by molar-refractivity contribution is 7.80. The number of hydrogen-bond acceptors (Lipinski definition) is 4. The Morgan fingerprint density at radius 1 is 1.18 bits per heavy atom. The van der Waals surface area contributed by atoms with Crippen molar-refractivity contribution in [3.05, 3.63) is 64.3 Å². The van der Waals surface area contributed by atoms with Crippen molar-refractivity contribution < 1.29 is 14.3 Å². The molecule has 0 atom stereocenters. The summed E-state index contributed by atoms with van der Waals surface area (Å²) in [6.07, 6.45) is 1.80. The van der Waals surface area contributed by atoms with Crippen LogP contribution >= 0.6 is 23.8 Å². The van der Waals surface area contributed by atoms with Gasteiger partial charge in [-0.1, -0.05) is 35.9 Å². The number of ether oxygens (including phenoxy) is 2. The summed E-state index contributed by atoms with van der Waals surface area (Å²) in [7, 11) is 3.37. The number of carbonyl (C=O) groups is 1. The smallest absolute Gasteiger partial charge is 0.276 e. The molecule has 0 spiro atoms. The fourth-order valence-electron chi connectivity index (χ4n) is 2.91. The lowest BCUT2D eigenvalue weighted by Crippen LogP contribution is -2.30. The maximum atomic E-state index is 12.5. The van der Waals surface area contributed by atoms with Crippen LogP contribution in [0, 0.1) is 0 Å². The third-order valence-corrected chi connectivity index (χ3v) is 5.35. The lowest BCUT2D eigenvalue weighted by Gasteiger charge is -2.14. The van der Waals surface area contributed by atoms with Gasteiger partial charge in [-0.15, -0.1) is 0 Å². The van der Waals surface area contributed by atoms with Crippen molar-refractivity contribution in [3.63, 3.8) is 0 Å². The maximum absolute atomic E-state index is 12.5. The topological polar surface area (TPSA) is 42.0 Å². The highest BCUT2D eigenvalue weighted by atomic mass is 35.5. The summed E-state index contributed by atoms with van der Waals surface area (Å²) >= 11 is 11.5. The van der Waals surface area contributed by atoms with Crippen LogP contribution in [0.25, 0.3) is 6.08 Å². The van der Waals surface area contributed by atoms with E-state index in [4.69, 9.17) is 33.3 Å². The molecule has 1 heterocycles. The first-order chi connectivity index (χ1) is 13.5. The SMILES string of the molecule is CCN1C(=O)C(=Cc2ccc(OCc3ccccc3Cl)c(OC)c2)N(C)C1=S. The molecular formula is C21H21ClN2O3S. The van der Waals surface area contributed by atoms with E-state index >= 15 is 0 Å². The van der Waals surface area contributed by atoms with Crippen molar-refractivity contribution >= 4 is 40.9 Å². The van der Waals surface area contributed by atoms with Gasteiger partial charge in [0.15, 0.2) is 16.6 Å². The van der Waals surface area contributed by atoms with Gasteiger partial charge in [-0.25, -0.2) is 0 Å². The molecular weight excluding hydrogens is 396 g/mol. The van der Waals surface area contributed by atoms with Gasteiger partial charge in [-0.05, 0) is 49.0 Å². The van der Waals surface area contributed by atoms with E-state index in [1.807, 2.05) is 49.4 Å². The minimum atomic E-state index is -0.104. The molecule has 146 valence electrons. The molecule has 1 saturated heterocycles. The molecule has 1 fully saturated rings. The van der Waals surface area contributed by atoms with Crippen molar-refractivity contribution in [2.45, 2.75) is 13.5 Å². The molecule has 0 aliphatic carbocycles. The molecule has 5 nitrogen and oxygen atoms in total. The van der Waals surface area contributed by atoms with Gasteiger partial charge in [-0.2, -0.15) is 0 Å². The van der Waals surface area contributed by atoms with E-state index in [2.05, 4.69) is 0 Å². The van der Waals surface area contributed by atoms with Gasteiger partial charge in [-0.3, -0.25) is 9.69 Å². The van der Waals surface area contributed by atoms with E-state index in [-0.39, 0.29) is 5.91 Å². The van der Waals surface area contributed by atoms with Crippen LogP contribution in [0.1, 0.15) is 18.1 Å². The number of hydrogen-bond donors (Lipinski definition) is 0. The summed E-state index contributed by atoms with van der Waals surface area (Å²) in [6.45, 7) is 2.77. The molecule has 0 aromatic heterocycles. The van der Waals surface area contributed by atoms with Crippen molar-refractivity contribution in [1.82, 2.24) is 9.80 Å². The molecule has 1 aliphatic heterocycles. The summed E-state index contributed by atoms with van der Waals surface area (Å²) in [4.78, 5) is 15.8. The Labute approximate surface area is 175 Å². The number of rotatable bonds is 6. The molecule has 0 saturated carbocycles. The Hall–Kier alpha value is -2.57.